The highest BCUT2D eigenvalue weighted by molar-refractivity contribution is 9.09. The Balaban J connectivity index is 2.31. The summed E-state index contributed by atoms with van der Waals surface area (Å²) in [6.07, 6.45) is 3.66. The Morgan fingerprint density at radius 1 is 0.764 bits per heavy atom. The van der Waals surface area contributed by atoms with E-state index in [9.17, 15) is 39.0 Å². The number of anilines is 1. The van der Waals surface area contributed by atoms with Gasteiger partial charge in [-0.25, -0.2) is 4.79 Å². The van der Waals surface area contributed by atoms with Crippen molar-refractivity contribution in [2.24, 2.45) is 5.92 Å². The zero-order valence-corrected chi connectivity index (χ0v) is 34.0. The number of carbonyl (C=O) groups excluding carboxylic acids is 5. The lowest BCUT2D eigenvalue weighted by molar-refractivity contribution is -0.143. The highest BCUT2D eigenvalue weighted by Crippen LogP contribution is 2.18. The molecule has 0 aromatic heterocycles. The van der Waals surface area contributed by atoms with E-state index in [1.807, 2.05) is 18.7 Å². The zero-order chi connectivity index (χ0) is 41.5. The van der Waals surface area contributed by atoms with Crippen molar-refractivity contribution in [3.8, 4) is 5.75 Å². The van der Waals surface area contributed by atoms with Crippen molar-refractivity contribution in [2.75, 3.05) is 23.7 Å². The van der Waals surface area contributed by atoms with Gasteiger partial charge >= 0.3 is 5.97 Å². The maximum atomic E-state index is 13.9. The van der Waals surface area contributed by atoms with Crippen molar-refractivity contribution < 1.29 is 39.0 Å². The number of phenols is 1. The molecule has 0 radical (unpaired) electrons. The van der Waals surface area contributed by atoms with E-state index in [1.165, 1.54) is 39.8 Å². The normalized spacial score (nSPS) is 13.2. The Kier molecular flexibility index (Phi) is 17.8. The Labute approximate surface area is 331 Å². The third-order valence-electron chi connectivity index (χ3n) is 8.58. The fraction of sp³-hybridized carbons (Fsp3) is 0.450. The van der Waals surface area contributed by atoms with Gasteiger partial charge in [-0.1, -0.05) is 66.2 Å². The number of carboxylic acids is 1. The number of nitrogens with one attached hydrogen (secondary N) is 5. The molecule has 2 aromatic rings. The van der Waals surface area contributed by atoms with Gasteiger partial charge in [-0.2, -0.15) is 0 Å². The number of aromatic hydroxyl groups is 1. The lowest BCUT2D eigenvalue weighted by Crippen LogP contribution is -2.65. The summed E-state index contributed by atoms with van der Waals surface area (Å²) in [5.41, 5.74) is -1.26. The van der Waals surface area contributed by atoms with Gasteiger partial charge in [0.2, 0.25) is 29.5 Å². The number of carbonyl (C=O) groups is 6. The monoisotopic (exact) mass is 826 g/mol. The zero-order valence-electron chi connectivity index (χ0n) is 32.4. The van der Waals surface area contributed by atoms with Gasteiger partial charge in [0.25, 0.3) is 0 Å². The number of aliphatic carboxylic acids is 1. The van der Waals surface area contributed by atoms with Crippen molar-refractivity contribution in [2.45, 2.75) is 90.0 Å². The van der Waals surface area contributed by atoms with Crippen molar-refractivity contribution in [1.82, 2.24) is 26.2 Å². The average molecular weight is 828 g/mol. The van der Waals surface area contributed by atoms with Crippen LogP contribution in [0.25, 0.3) is 0 Å². The molecule has 2 rings (SSSR count). The quantitative estimate of drug-likeness (QED) is 0.0685. The van der Waals surface area contributed by atoms with E-state index in [0.29, 0.717) is 24.3 Å². The summed E-state index contributed by atoms with van der Waals surface area (Å²) in [6.45, 7) is 17.8. The van der Waals surface area contributed by atoms with Gasteiger partial charge < -0.3 is 36.8 Å². The molecule has 5 amide bonds. The number of carboxylic acid groups (broad SMARTS) is 1. The molecule has 0 saturated carbocycles. The first-order chi connectivity index (χ1) is 25.7. The molecule has 0 heterocycles. The Hall–Kier alpha value is -5.02. The molecule has 3 atom stereocenters. The van der Waals surface area contributed by atoms with E-state index in [-0.39, 0.29) is 42.2 Å². The highest BCUT2D eigenvalue weighted by atomic mass is 79.9. The molecular formula is C40H55BrN6O8. The molecule has 0 aliphatic rings. The van der Waals surface area contributed by atoms with Gasteiger partial charge in [-0.05, 0) is 81.8 Å². The lowest BCUT2D eigenvalue weighted by atomic mass is 9.96. The second kappa shape index (κ2) is 21.2. The number of benzene rings is 2. The number of nitrogens with zero attached hydrogens (tertiary/aromatic N) is 1. The number of amides is 5. The fourth-order valence-electron chi connectivity index (χ4n) is 5.52. The van der Waals surface area contributed by atoms with E-state index in [2.05, 4.69) is 55.7 Å². The van der Waals surface area contributed by atoms with Crippen LogP contribution in [-0.4, -0.2) is 98.2 Å². The Bertz CT molecular complexity index is 1670. The third-order valence-corrected chi connectivity index (χ3v) is 9.08. The van der Waals surface area contributed by atoms with E-state index in [4.69, 9.17) is 0 Å². The topological polar surface area (TPSA) is 206 Å². The third kappa shape index (κ3) is 15.0. The molecule has 0 aliphatic heterocycles. The van der Waals surface area contributed by atoms with Crippen LogP contribution < -0.4 is 26.6 Å². The number of hydrogen-bond donors (Lipinski definition) is 7. The fourth-order valence-corrected chi connectivity index (χ4v) is 5.66. The summed E-state index contributed by atoms with van der Waals surface area (Å²) in [4.78, 5) is 80.7. The molecule has 15 heteroatoms. The molecule has 0 saturated heterocycles. The molecule has 0 unspecified atom stereocenters. The van der Waals surface area contributed by atoms with Crippen LogP contribution >= 0.6 is 15.9 Å². The summed E-state index contributed by atoms with van der Waals surface area (Å²) >= 11 is 3.09. The Morgan fingerprint density at radius 3 is 1.80 bits per heavy atom. The van der Waals surface area contributed by atoms with Gasteiger partial charge in [0.15, 0.2) is 0 Å². The molecule has 14 nitrogen and oxygen atoms in total. The molecule has 0 bridgehead atoms. The number of phenolic OH excluding ortho intramolecular Hbond substituents is 1. The maximum Gasteiger partial charge on any atom is 0.326 e. The maximum absolute atomic E-state index is 13.9. The first kappa shape index (κ1) is 46.1. The Morgan fingerprint density at radius 2 is 1.29 bits per heavy atom. The molecule has 0 aliphatic carbocycles. The molecule has 7 N–H and O–H groups in total. The van der Waals surface area contributed by atoms with Gasteiger partial charge in [0.1, 0.15) is 28.9 Å². The van der Waals surface area contributed by atoms with Crippen LogP contribution in [0.1, 0.15) is 59.1 Å². The highest BCUT2D eigenvalue weighted by Gasteiger charge is 2.40. The number of hydrogen-bond acceptors (Lipinski definition) is 8. The van der Waals surface area contributed by atoms with Crippen molar-refractivity contribution >= 4 is 57.1 Å². The SMILES string of the molecule is C=CCN(CC=C)[C@@H](Cc1ccc(O)cc1)C(=O)NC(C)(C)C(=O)NC(C)(C)C(=O)N[C@@H](Cc1ccc(NC(=O)CBr)cc1)C(=O)N[C@@H](CC(C)C)C(=O)O. The van der Waals surface area contributed by atoms with Crippen LogP contribution in [0.4, 0.5) is 5.69 Å². The number of alkyl halides is 1. The summed E-state index contributed by atoms with van der Waals surface area (Å²) in [5.74, 6) is -4.09. The molecule has 0 spiro atoms. The van der Waals surface area contributed by atoms with Gasteiger partial charge in [-0.15, -0.1) is 13.2 Å². The van der Waals surface area contributed by atoms with Crippen LogP contribution in [0, 0.1) is 5.92 Å². The van der Waals surface area contributed by atoms with Crippen LogP contribution in [0.5, 0.6) is 5.75 Å². The first-order valence-electron chi connectivity index (χ1n) is 17.9. The van der Waals surface area contributed by atoms with Gasteiger partial charge in [0, 0.05) is 25.2 Å². The molecule has 55 heavy (non-hydrogen) atoms. The van der Waals surface area contributed by atoms with Crippen molar-refractivity contribution in [3.05, 3.63) is 85.0 Å². The molecule has 0 fully saturated rings. The minimum Gasteiger partial charge on any atom is -0.508 e. The van der Waals surface area contributed by atoms with E-state index < -0.39 is 58.8 Å². The largest absolute Gasteiger partial charge is 0.508 e. The minimum absolute atomic E-state index is 0.0435. The second-order valence-corrected chi connectivity index (χ2v) is 15.3. The average Bonchev–Trinajstić information content (AvgIpc) is 3.10. The van der Waals surface area contributed by atoms with Crippen LogP contribution in [0.15, 0.2) is 73.8 Å². The van der Waals surface area contributed by atoms with E-state index in [1.54, 1.807) is 48.6 Å². The van der Waals surface area contributed by atoms with Crippen molar-refractivity contribution in [1.29, 1.82) is 0 Å². The van der Waals surface area contributed by atoms with Crippen molar-refractivity contribution in [3.63, 3.8) is 0 Å². The van der Waals surface area contributed by atoms with E-state index >= 15 is 0 Å². The van der Waals surface area contributed by atoms with Crippen LogP contribution in [0.3, 0.4) is 0 Å². The number of halogens is 1. The summed E-state index contributed by atoms with van der Waals surface area (Å²) < 4.78 is 0. The molecule has 2 aromatic carbocycles. The lowest BCUT2D eigenvalue weighted by Gasteiger charge is -2.35. The summed E-state index contributed by atoms with van der Waals surface area (Å²) in [6, 6.07) is 9.82. The molecule has 300 valence electrons. The first-order valence-corrected chi connectivity index (χ1v) is 19.0. The summed E-state index contributed by atoms with van der Waals surface area (Å²) in [5, 5.41) is 33.0. The second-order valence-electron chi connectivity index (χ2n) is 14.7. The van der Waals surface area contributed by atoms with Crippen LogP contribution in [0.2, 0.25) is 0 Å². The molecular weight excluding hydrogens is 772 g/mol. The minimum atomic E-state index is -1.62. The van der Waals surface area contributed by atoms with Gasteiger partial charge in [0.05, 0.1) is 11.4 Å². The predicted octanol–water partition coefficient (Wildman–Crippen LogP) is 3.44. The smallest absolute Gasteiger partial charge is 0.326 e. The van der Waals surface area contributed by atoms with Gasteiger partial charge in [-0.3, -0.25) is 28.9 Å². The van der Waals surface area contributed by atoms with E-state index in [0.717, 1.165) is 5.56 Å². The number of rotatable bonds is 22. The predicted molar refractivity (Wildman–Crippen MR) is 216 cm³/mol. The van der Waals surface area contributed by atoms with Crippen LogP contribution in [-0.2, 0) is 41.6 Å². The summed E-state index contributed by atoms with van der Waals surface area (Å²) in [7, 11) is 0. The standard InChI is InChI=1S/C40H55BrN6O8/c1-9-19-47(20-10-2)32(23-27-13-17-29(48)18-14-27)35(51)45-40(7,8)38(55)46-39(5,6)37(54)44-30(34(50)43-31(36(52)53)21-25(3)4)22-26-11-15-28(16-12-26)42-33(49)24-41/h9-18,25,30-32,48H,1-2,19-24H2,3-8H3,(H,42,49)(H,43,50)(H,44,54)(H,45,51)(H,46,55)(H,52,53)/t30-,31-,32-/m0/s1.